The lowest BCUT2D eigenvalue weighted by atomic mass is 10.2. The minimum atomic E-state index is 0.0842. The number of carbonyl (C=O) groups excluding carboxylic acids is 1. The number of rotatable bonds is 3. The van der Waals surface area contributed by atoms with Gasteiger partial charge in [-0.3, -0.25) is 4.90 Å². The van der Waals surface area contributed by atoms with Crippen LogP contribution in [0.1, 0.15) is 25.7 Å². The monoisotopic (exact) mass is 253 g/mol. The van der Waals surface area contributed by atoms with Gasteiger partial charge in [-0.25, -0.2) is 4.79 Å². The van der Waals surface area contributed by atoms with E-state index in [1.807, 2.05) is 4.90 Å². The number of urea groups is 1. The molecule has 2 heterocycles. The lowest BCUT2D eigenvalue weighted by Gasteiger charge is -2.34. The summed E-state index contributed by atoms with van der Waals surface area (Å²) in [5.74, 6) is 0. The standard InChI is InChI=1S/C13H23N3O2/c17-13(14-10-12-2-1-9-18-12)16-7-5-15(6-8-16)11-3-4-11/h11-12H,1-10H2,(H,14,17). The normalized spacial score (nSPS) is 29.6. The number of carbonyl (C=O) groups is 1. The molecule has 5 nitrogen and oxygen atoms in total. The van der Waals surface area contributed by atoms with Crippen molar-refractivity contribution >= 4 is 6.03 Å². The number of ether oxygens (including phenoxy) is 1. The Bertz CT molecular complexity index is 293. The zero-order valence-corrected chi connectivity index (χ0v) is 10.9. The van der Waals surface area contributed by atoms with Gasteiger partial charge in [-0.15, -0.1) is 0 Å². The van der Waals surface area contributed by atoms with Gasteiger partial charge in [0, 0.05) is 45.4 Å². The number of nitrogens with one attached hydrogen (secondary N) is 1. The van der Waals surface area contributed by atoms with Crippen LogP contribution in [0.4, 0.5) is 4.79 Å². The molecule has 1 unspecified atom stereocenters. The summed E-state index contributed by atoms with van der Waals surface area (Å²) in [6, 6.07) is 0.906. The topological polar surface area (TPSA) is 44.8 Å². The second kappa shape index (κ2) is 5.45. The lowest BCUT2D eigenvalue weighted by Crippen LogP contribution is -2.53. The third kappa shape index (κ3) is 2.95. The van der Waals surface area contributed by atoms with Gasteiger partial charge in [0.25, 0.3) is 0 Å². The highest BCUT2D eigenvalue weighted by Gasteiger charge is 2.32. The van der Waals surface area contributed by atoms with Gasteiger partial charge < -0.3 is 15.0 Å². The Morgan fingerprint density at radius 3 is 2.56 bits per heavy atom. The molecule has 0 radical (unpaired) electrons. The summed E-state index contributed by atoms with van der Waals surface area (Å²) >= 11 is 0. The van der Waals surface area contributed by atoms with Crippen molar-refractivity contribution in [2.45, 2.75) is 37.8 Å². The van der Waals surface area contributed by atoms with E-state index < -0.39 is 0 Å². The predicted molar refractivity (Wildman–Crippen MR) is 68.5 cm³/mol. The first-order valence-electron chi connectivity index (χ1n) is 7.21. The van der Waals surface area contributed by atoms with E-state index in [1.165, 1.54) is 12.8 Å². The van der Waals surface area contributed by atoms with Crippen LogP contribution in [0.15, 0.2) is 0 Å². The molecule has 5 heteroatoms. The summed E-state index contributed by atoms with van der Waals surface area (Å²) in [5.41, 5.74) is 0. The molecule has 3 aliphatic rings. The summed E-state index contributed by atoms with van der Waals surface area (Å²) < 4.78 is 5.51. The first-order valence-corrected chi connectivity index (χ1v) is 7.21. The van der Waals surface area contributed by atoms with Crippen molar-refractivity contribution in [3.8, 4) is 0 Å². The Hall–Kier alpha value is -0.810. The predicted octanol–water partition coefficient (Wildman–Crippen LogP) is 0.655. The maximum Gasteiger partial charge on any atom is 0.317 e. The second-order valence-corrected chi connectivity index (χ2v) is 5.58. The van der Waals surface area contributed by atoms with Gasteiger partial charge in [0.05, 0.1) is 6.10 Å². The van der Waals surface area contributed by atoms with Gasteiger partial charge in [-0.1, -0.05) is 0 Å². The fourth-order valence-corrected chi connectivity index (χ4v) is 2.85. The Labute approximate surface area is 108 Å². The van der Waals surface area contributed by atoms with E-state index in [0.29, 0.717) is 6.54 Å². The average molecular weight is 253 g/mol. The molecule has 1 aliphatic carbocycles. The van der Waals surface area contributed by atoms with E-state index in [2.05, 4.69) is 10.2 Å². The number of piperazine rings is 1. The van der Waals surface area contributed by atoms with Crippen LogP contribution in [-0.2, 0) is 4.74 Å². The number of nitrogens with zero attached hydrogens (tertiary/aromatic N) is 2. The van der Waals surface area contributed by atoms with Crippen LogP contribution in [0.5, 0.6) is 0 Å². The third-order valence-electron chi connectivity index (χ3n) is 4.17. The summed E-state index contributed by atoms with van der Waals surface area (Å²) in [5, 5.41) is 3.00. The van der Waals surface area contributed by atoms with Crippen LogP contribution < -0.4 is 5.32 Å². The Kier molecular flexibility index (Phi) is 3.70. The maximum absolute atomic E-state index is 12.0. The quantitative estimate of drug-likeness (QED) is 0.803. The van der Waals surface area contributed by atoms with Crippen LogP contribution >= 0.6 is 0 Å². The van der Waals surface area contributed by atoms with E-state index >= 15 is 0 Å². The molecule has 0 aromatic rings. The summed E-state index contributed by atoms with van der Waals surface area (Å²) in [6.45, 7) is 5.33. The molecule has 0 aromatic carbocycles. The highest BCUT2D eigenvalue weighted by Crippen LogP contribution is 2.27. The van der Waals surface area contributed by atoms with E-state index in [4.69, 9.17) is 4.74 Å². The van der Waals surface area contributed by atoms with Crippen molar-refractivity contribution in [2.24, 2.45) is 0 Å². The molecule has 0 spiro atoms. The van der Waals surface area contributed by atoms with E-state index in [9.17, 15) is 4.79 Å². The van der Waals surface area contributed by atoms with Crippen LogP contribution in [0.25, 0.3) is 0 Å². The molecule has 1 saturated carbocycles. The second-order valence-electron chi connectivity index (χ2n) is 5.58. The minimum Gasteiger partial charge on any atom is -0.376 e. The summed E-state index contributed by atoms with van der Waals surface area (Å²) in [7, 11) is 0. The zero-order valence-electron chi connectivity index (χ0n) is 10.9. The highest BCUT2D eigenvalue weighted by atomic mass is 16.5. The molecule has 1 atom stereocenters. The number of hydrogen-bond donors (Lipinski definition) is 1. The molecule has 3 rings (SSSR count). The zero-order chi connectivity index (χ0) is 12.4. The molecule has 102 valence electrons. The van der Waals surface area contributed by atoms with Crippen LogP contribution in [0.3, 0.4) is 0 Å². The Morgan fingerprint density at radius 1 is 1.17 bits per heavy atom. The molecule has 2 amide bonds. The first kappa shape index (κ1) is 12.2. The summed E-state index contributed by atoms with van der Waals surface area (Å²) in [4.78, 5) is 16.4. The minimum absolute atomic E-state index is 0.0842. The molecule has 1 N–H and O–H groups in total. The SMILES string of the molecule is O=C(NCC1CCCO1)N1CCN(C2CC2)CC1. The van der Waals surface area contributed by atoms with Gasteiger partial charge in [-0.05, 0) is 25.7 Å². The first-order chi connectivity index (χ1) is 8.83. The van der Waals surface area contributed by atoms with Crippen LogP contribution in [-0.4, -0.2) is 67.3 Å². The van der Waals surface area contributed by atoms with Gasteiger partial charge in [0.2, 0.25) is 0 Å². The molecule has 3 fully saturated rings. The van der Waals surface area contributed by atoms with E-state index in [0.717, 1.165) is 51.7 Å². The molecular weight excluding hydrogens is 230 g/mol. The molecule has 0 bridgehead atoms. The van der Waals surface area contributed by atoms with E-state index in [1.54, 1.807) is 0 Å². The van der Waals surface area contributed by atoms with Crippen molar-refractivity contribution < 1.29 is 9.53 Å². The molecule has 18 heavy (non-hydrogen) atoms. The molecular formula is C13H23N3O2. The van der Waals surface area contributed by atoms with Crippen LogP contribution in [0, 0.1) is 0 Å². The van der Waals surface area contributed by atoms with E-state index in [-0.39, 0.29) is 12.1 Å². The summed E-state index contributed by atoms with van der Waals surface area (Å²) in [6.07, 6.45) is 5.15. The number of amides is 2. The molecule has 0 aromatic heterocycles. The number of hydrogen-bond acceptors (Lipinski definition) is 3. The van der Waals surface area contributed by atoms with Crippen molar-refractivity contribution in [1.29, 1.82) is 0 Å². The Morgan fingerprint density at radius 2 is 1.94 bits per heavy atom. The fraction of sp³-hybridized carbons (Fsp3) is 0.923. The maximum atomic E-state index is 12.0. The lowest BCUT2D eigenvalue weighted by molar-refractivity contribution is 0.104. The average Bonchev–Trinajstić information content (AvgIpc) is 3.13. The third-order valence-corrected chi connectivity index (χ3v) is 4.17. The Balaban J connectivity index is 1.37. The largest absolute Gasteiger partial charge is 0.376 e. The highest BCUT2D eigenvalue weighted by molar-refractivity contribution is 5.74. The van der Waals surface area contributed by atoms with Gasteiger partial charge >= 0.3 is 6.03 Å². The van der Waals surface area contributed by atoms with Crippen LogP contribution in [0.2, 0.25) is 0 Å². The fourth-order valence-electron chi connectivity index (χ4n) is 2.85. The van der Waals surface area contributed by atoms with Crippen molar-refractivity contribution in [3.63, 3.8) is 0 Å². The van der Waals surface area contributed by atoms with Gasteiger partial charge in [0.15, 0.2) is 0 Å². The smallest absolute Gasteiger partial charge is 0.317 e. The van der Waals surface area contributed by atoms with Crippen molar-refractivity contribution in [3.05, 3.63) is 0 Å². The van der Waals surface area contributed by atoms with Gasteiger partial charge in [-0.2, -0.15) is 0 Å². The molecule has 2 aliphatic heterocycles. The van der Waals surface area contributed by atoms with Crippen molar-refractivity contribution in [1.82, 2.24) is 15.1 Å². The van der Waals surface area contributed by atoms with Gasteiger partial charge in [0.1, 0.15) is 0 Å². The van der Waals surface area contributed by atoms with Crippen molar-refractivity contribution in [2.75, 3.05) is 39.3 Å². The molecule has 2 saturated heterocycles.